The van der Waals surface area contributed by atoms with Gasteiger partial charge in [-0.3, -0.25) is 4.90 Å². The van der Waals surface area contributed by atoms with Crippen LogP contribution in [0.5, 0.6) is 5.75 Å². The first-order valence-electron chi connectivity index (χ1n) is 6.42. The largest absolute Gasteiger partial charge is 0.493 e. The van der Waals surface area contributed by atoms with Crippen molar-refractivity contribution in [2.45, 2.75) is 19.4 Å². The van der Waals surface area contributed by atoms with Crippen LogP contribution in [0.4, 0.5) is 4.39 Å². The Kier molecular flexibility index (Phi) is 4.33. The van der Waals surface area contributed by atoms with Crippen molar-refractivity contribution in [1.82, 2.24) is 4.90 Å². The molecule has 1 saturated heterocycles. The molecule has 2 atom stereocenters. The Morgan fingerprint density at radius 2 is 2.26 bits per heavy atom. The van der Waals surface area contributed by atoms with E-state index >= 15 is 0 Å². The second-order valence-corrected chi connectivity index (χ2v) is 5.61. The molecule has 0 amide bonds. The first kappa shape index (κ1) is 14.6. The van der Waals surface area contributed by atoms with Crippen LogP contribution in [0.2, 0.25) is 5.02 Å². The summed E-state index contributed by atoms with van der Waals surface area (Å²) >= 11 is 6.11. The van der Waals surface area contributed by atoms with Crippen LogP contribution in [0.1, 0.15) is 23.6 Å². The number of benzene rings is 1. The maximum Gasteiger partial charge on any atom is 0.166 e. The minimum absolute atomic E-state index is 0.108. The molecule has 2 N–H and O–H groups in total. The number of halogens is 2. The Hall–Kier alpha value is -0.840. The topological polar surface area (TPSA) is 38.5 Å². The molecule has 0 radical (unpaired) electrons. The highest BCUT2D eigenvalue weighted by atomic mass is 35.5. The van der Waals surface area contributed by atoms with Crippen LogP contribution in [0.15, 0.2) is 6.07 Å². The summed E-state index contributed by atoms with van der Waals surface area (Å²) in [5.41, 5.74) is 7.48. The van der Waals surface area contributed by atoms with Gasteiger partial charge in [-0.2, -0.15) is 0 Å². The van der Waals surface area contributed by atoms with Crippen LogP contribution in [-0.2, 0) is 0 Å². The molecule has 1 aromatic rings. The van der Waals surface area contributed by atoms with Crippen LogP contribution < -0.4 is 10.5 Å². The van der Waals surface area contributed by atoms with Crippen molar-refractivity contribution in [2.75, 3.05) is 27.2 Å². The number of nitrogens with zero attached hydrogens (tertiary/aromatic N) is 1. The molecule has 1 aliphatic rings. The number of methoxy groups -OCH3 is 1. The smallest absolute Gasteiger partial charge is 0.166 e. The predicted molar refractivity (Wildman–Crippen MR) is 75.2 cm³/mol. The zero-order valence-corrected chi connectivity index (χ0v) is 12.3. The average Bonchev–Trinajstić information content (AvgIpc) is 2.74. The Bertz CT molecular complexity index is 481. The number of hydrogen-bond acceptors (Lipinski definition) is 3. The van der Waals surface area contributed by atoms with Gasteiger partial charge in [0.25, 0.3) is 0 Å². The Morgan fingerprint density at radius 3 is 2.79 bits per heavy atom. The molecule has 0 spiro atoms. The molecule has 0 aliphatic carbocycles. The third-order valence-electron chi connectivity index (χ3n) is 3.98. The van der Waals surface area contributed by atoms with E-state index < -0.39 is 5.82 Å². The summed E-state index contributed by atoms with van der Waals surface area (Å²) in [5.74, 6) is 0.329. The fourth-order valence-corrected chi connectivity index (χ4v) is 3.13. The van der Waals surface area contributed by atoms with Gasteiger partial charge in [-0.05, 0) is 44.5 Å². The van der Waals surface area contributed by atoms with Gasteiger partial charge in [0.1, 0.15) is 0 Å². The fraction of sp³-hybridized carbons (Fsp3) is 0.571. The third-order valence-corrected chi connectivity index (χ3v) is 4.38. The molecule has 1 heterocycles. The summed E-state index contributed by atoms with van der Waals surface area (Å²) in [6.45, 7) is 3.46. The first-order valence-corrected chi connectivity index (χ1v) is 6.80. The van der Waals surface area contributed by atoms with Gasteiger partial charge in [-0.25, -0.2) is 4.39 Å². The quantitative estimate of drug-likeness (QED) is 0.928. The molecule has 2 unspecified atom stereocenters. The third kappa shape index (κ3) is 2.57. The van der Waals surface area contributed by atoms with E-state index in [1.807, 2.05) is 14.0 Å². The second-order valence-electron chi connectivity index (χ2n) is 5.20. The molecule has 2 rings (SSSR count). The minimum Gasteiger partial charge on any atom is -0.493 e. The normalized spacial score (nSPS) is 23.9. The Morgan fingerprint density at radius 1 is 1.58 bits per heavy atom. The van der Waals surface area contributed by atoms with Crippen molar-refractivity contribution in [3.63, 3.8) is 0 Å². The van der Waals surface area contributed by atoms with Crippen molar-refractivity contribution >= 4 is 11.6 Å². The van der Waals surface area contributed by atoms with Crippen LogP contribution in [0, 0.1) is 18.7 Å². The van der Waals surface area contributed by atoms with E-state index in [0.29, 0.717) is 23.2 Å². The van der Waals surface area contributed by atoms with Gasteiger partial charge >= 0.3 is 0 Å². The van der Waals surface area contributed by atoms with E-state index in [9.17, 15) is 4.39 Å². The molecule has 1 aromatic carbocycles. The Labute approximate surface area is 118 Å². The fourth-order valence-electron chi connectivity index (χ4n) is 2.94. The molecule has 3 nitrogen and oxygen atoms in total. The summed E-state index contributed by atoms with van der Waals surface area (Å²) in [6.07, 6.45) is 0.907. The number of ether oxygens (including phenoxy) is 1. The average molecular weight is 287 g/mol. The van der Waals surface area contributed by atoms with Crippen LogP contribution >= 0.6 is 11.6 Å². The van der Waals surface area contributed by atoms with Gasteiger partial charge in [0.05, 0.1) is 7.11 Å². The summed E-state index contributed by atoms with van der Waals surface area (Å²) < 4.78 is 19.2. The standard InChI is InChI=1S/C14H20ClFN2O/c1-8-10(15)5-11(16)14(19-3)13(8)12-4-9(6-17)7-18(12)2/h5,9,12H,4,6-7,17H2,1-3H3. The van der Waals surface area contributed by atoms with E-state index in [4.69, 9.17) is 22.1 Å². The molecular weight excluding hydrogens is 267 g/mol. The monoisotopic (exact) mass is 286 g/mol. The molecule has 5 heteroatoms. The number of likely N-dealkylation sites (tertiary alicyclic amines) is 1. The van der Waals surface area contributed by atoms with Gasteiger partial charge in [-0.1, -0.05) is 11.6 Å². The molecule has 0 bridgehead atoms. The molecule has 0 saturated carbocycles. The summed E-state index contributed by atoms with van der Waals surface area (Å²) in [7, 11) is 3.52. The van der Waals surface area contributed by atoms with E-state index in [-0.39, 0.29) is 6.04 Å². The van der Waals surface area contributed by atoms with Crippen molar-refractivity contribution in [3.05, 3.63) is 28.0 Å². The van der Waals surface area contributed by atoms with Crippen LogP contribution in [0.3, 0.4) is 0 Å². The van der Waals surface area contributed by atoms with E-state index in [0.717, 1.165) is 24.1 Å². The van der Waals surface area contributed by atoms with E-state index in [1.54, 1.807) is 0 Å². The highest BCUT2D eigenvalue weighted by Crippen LogP contribution is 2.43. The molecule has 1 aliphatic heterocycles. The highest BCUT2D eigenvalue weighted by molar-refractivity contribution is 6.31. The van der Waals surface area contributed by atoms with Crippen molar-refractivity contribution in [1.29, 1.82) is 0 Å². The lowest BCUT2D eigenvalue weighted by Crippen LogP contribution is -2.21. The zero-order valence-electron chi connectivity index (χ0n) is 11.5. The SMILES string of the molecule is COc1c(F)cc(Cl)c(C)c1C1CC(CN)CN1C. The van der Waals surface area contributed by atoms with Crippen molar-refractivity contribution < 1.29 is 9.13 Å². The van der Waals surface area contributed by atoms with E-state index in [2.05, 4.69) is 4.90 Å². The maximum absolute atomic E-state index is 14.0. The van der Waals surface area contributed by atoms with Crippen LogP contribution in [0.25, 0.3) is 0 Å². The lowest BCUT2D eigenvalue weighted by molar-refractivity contribution is 0.297. The molecule has 0 aromatic heterocycles. The van der Waals surface area contributed by atoms with Gasteiger partial charge < -0.3 is 10.5 Å². The van der Waals surface area contributed by atoms with Crippen molar-refractivity contribution in [3.8, 4) is 5.75 Å². The lowest BCUT2D eigenvalue weighted by atomic mass is 9.95. The molecular formula is C14H20ClFN2O. The van der Waals surface area contributed by atoms with Crippen molar-refractivity contribution in [2.24, 2.45) is 11.7 Å². The van der Waals surface area contributed by atoms with E-state index in [1.165, 1.54) is 13.2 Å². The van der Waals surface area contributed by atoms with Gasteiger partial charge in [0, 0.05) is 23.2 Å². The zero-order chi connectivity index (χ0) is 14.2. The summed E-state index contributed by atoms with van der Waals surface area (Å²) in [4.78, 5) is 2.19. The van der Waals surface area contributed by atoms with Gasteiger partial charge in [0.2, 0.25) is 0 Å². The van der Waals surface area contributed by atoms with Gasteiger partial charge in [0.15, 0.2) is 11.6 Å². The number of hydrogen-bond donors (Lipinski definition) is 1. The van der Waals surface area contributed by atoms with Gasteiger partial charge in [-0.15, -0.1) is 0 Å². The first-order chi connectivity index (χ1) is 8.99. The van der Waals surface area contributed by atoms with Crippen LogP contribution in [-0.4, -0.2) is 32.1 Å². The predicted octanol–water partition coefficient (Wildman–Crippen LogP) is 2.75. The lowest BCUT2D eigenvalue weighted by Gasteiger charge is -2.24. The maximum atomic E-state index is 14.0. The minimum atomic E-state index is -0.405. The second kappa shape index (κ2) is 5.65. The summed E-state index contributed by atoms with van der Waals surface area (Å²) in [6, 6.07) is 1.42. The summed E-state index contributed by atoms with van der Waals surface area (Å²) in [5, 5.41) is 0.442. The molecule has 1 fully saturated rings. The number of nitrogens with two attached hydrogens (primary N) is 1. The Balaban J connectivity index is 2.49. The molecule has 106 valence electrons. The number of rotatable bonds is 3. The highest BCUT2D eigenvalue weighted by Gasteiger charge is 2.34. The molecule has 19 heavy (non-hydrogen) atoms.